The number of halogens is 1. The van der Waals surface area contributed by atoms with E-state index in [4.69, 9.17) is 0 Å². The van der Waals surface area contributed by atoms with E-state index in [0.717, 1.165) is 10.9 Å². The number of nitrogens with zero attached hydrogens (tertiary/aromatic N) is 1. The molecule has 0 aliphatic heterocycles. The van der Waals surface area contributed by atoms with Gasteiger partial charge in [0.05, 0.1) is 11.7 Å². The van der Waals surface area contributed by atoms with Crippen LogP contribution in [0.2, 0.25) is 0 Å². The zero-order valence-corrected chi connectivity index (χ0v) is 6.06. The highest BCUT2D eigenvalue weighted by molar-refractivity contribution is 5.81. The molecule has 2 aromatic rings. The molecule has 0 spiro atoms. The molecule has 0 bridgehead atoms. The molecular formula is C8H7FN2. The second-order valence-electron chi connectivity index (χ2n) is 2.50. The van der Waals surface area contributed by atoms with Crippen LogP contribution in [0.5, 0.6) is 0 Å². The van der Waals surface area contributed by atoms with E-state index in [2.05, 4.69) is 10.2 Å². The van der Waals surface area contributed by atoms with Crippen LogP contribution >= 0.6 is 0 Å². The Hall–Kier alpha value is -1.38. The molecule has 1 heterocycles. The van der Waals surface area contributed by atoms with Crippen LogP contribution < -0.4 is 0 Å². The molecule has 0 saturated carbocycles. The molecule has 11 heavy (non-hydrogen) atoms. The Kier molecular flexibility index (Phi) is 1.18. The van der Waals surface area contributed by atoms with Crippen molar-refractivity contribution in [3.05, 3.63) is 29.7 Å². The highest BCUT2D eigenvalue weighted by Crippen LogP contribution is 2.17. The number of rotatable bonds is 0. The number of nitrogens with one attached hydrogen (secondary N) is 1. The maximum absolute atomic E-state index is 12.9. The summed E-state index contributed by atoms with van der Waals surface area (Å²) in [6.07, 6.45) is 1.63. The summed E-state index contributed by atoms with van der Waals surface area (Å²) in [6.45, 7) is 1.74. The van der Waals surface area contributed by atoms with Crippen LogP contribution in [-0.4, -0.2) is 10.2 Å². The summed E-state index contributed by atoms with van der Waals surface area (Å²) in [5.74, 6) is -0.182. The van der Waals surface area contributed by atoms with Gasteiger partial charge in [-0.1, -0.05) is 0 Å². The van der Waals surface area contributed by atoms with E-state index in [9.17, 15) is 4.39 Å². The molecule has 0 aliphatic rings. The quantitative estimate of drug-likeness (QED) is 0.611. The van der Waals surface area contributed by atoms with E-state index >= 15 is 0 Å². The van der Waals surface area contributed by atoms with E-state index < -0.39 is 0 Å². The normalized spacial score (nSPS) is 10.7. The Bertz CT molecular complexity index is 392. The van der Waals surface area contributed by atoms with Crippen LogP contribution in [0.3, 0.4) is 0 Å². The molecule has 1 N–H and O–H groups in total. The lowest BCUT2D eigenvalue weighted by Gasteiger charge is -1.95. The van der Waals surface area contributed by atoms with E-state index in [1.165, 1.54) is 6.07 Å². The maximum Gasteiger partial charge on any atom is 0.126 e. The highest BCUT2D eigenvalue weighted by atomic mass is 19.1. The van der Waals surface area contributed by atoms with Crippen LogP contribution in [0.1, 0.15) is 5.56 Å². The molecule has 1 aromatic heterocycles. The Labute approximate surface area is 63.0 Å². The van der Waals surface area contributed by atoms with Crippen molar-refractivity contribution >= 4 is 10.9 Å². The number of hydrogen-bond acceptors (Lipinski definition) is 1. The largest absolute Gasteiger partial charge is 0.278 e. The average Bonchev–Trinajstić information content (AvgIpc) is 2.45. The molecule has 0 aliphatic carbocycles. The highest BCUT2D eigenvalue weighted by Gasteiger charge is 2.02. The van der Waals surface area contributed by atoms with Gasteiger partial charge >= 0.3 is 0 Å². The topological polar surface area (TPSA) is 28.7 Å². The fraction of sp³-hybridized carbons (Fsp3) is 0.125. The van der Waals surface area contributed by atoms with Crippen LogP contribution in [0.25, 0.3) is 10.9 Å². The van der Waals surface area contributed by atoms with E-state index in [1.54, 1.807) is 19.2 Å². The second-order valence-corrected chi connectivity index (χ2v) is 2.50. The molecule has 3 heteroatoms. The number of benzene rings is 1. The summed E-state index contributed by atoms with van der Waals surface area (Å²) >= 11 is 0. The van der Waals surface area contributed by atoms with Crippen molar-refractivity contribution in [1.29, 1.82) is 0 Å². The maximum atomic E-state index is 12.9. The minimum Gasteiger partial charge on any atom is -0.278 e. The van der Waals surface area contributed by atoms with Crippen molar-refractivity contribution < 1.29 is 4.39 Å². The van der Waals surface area contributed by atoms with E-state index in [-0.39, 0.29) is 5.82 Å². The average molecular weight is 150 g/mol. The molecule has 56 valence electrons. The number of aromatic amines is 1. The van der Waals surface area contributed by atoms with Crippen LogP contribution in [0.4, 0.5) is 4.39 Å². The van der Waals surface area contributed by atoms with Gasteiger partial charge in [0.25, 0.3) is 0 Å². The van der Waals surface area contributed by atoms with Crippen LogP contribution in [-0.2, 0) is 0 Å². The van der Waals surface area contributed by atoms with E-state index in [1.807, 2.05) is 0 Å². The smallest absolute Gasteiger partial charge is 0.126 e. The van der Waals surface area contributed by atoms with Crippen molar-refractivity contribution in [3.8, 4) is 0 Å². The van der Waals surface area contributed by atoms with Gasteiger partial charge in [-0.25, -0.2) is 4.39 Å². The standard InChI is InChI=1S/C8H7FN2/c1-5-6-4-10-11-8(6)3-2-7(5)9/h2-4H,1H3,(H,10,11). The summed E-state index contributed by atoms with van der Waals surface area (Å²) in [4.78, 5) is 0. The first-order chi connectivity index (χ1) is 5.29. The monoisotopic (exact) mass is 150 g/mol. The predicted octanol–water partition coefficient (Wildman–Crippen LogP) is 2.01. The Morgan fingerprint density at radius 3 is 3.09 bits per heavy atom. The first-order valence-corrected chi connectivity index (χ1v) is 3.37. The van der Waals surface area contributed by atoms with Gasteiger partial charge in [-0.05, 0) is 24.6 Å². The van der Waals surface area contributed by atoms with Gasteiger partial charge in [0.1, 0.15) is 5.82 Å². The zero-order valence-electron chi connectivity index (χ0n) is 6.06. The summed E-state index contributed by atoms with van der Waals surface area (Å²) in [6, 6.07) is 3.13. The first kappa shape index (κ1) is 6.34. The lowest BCUT2D eigenvalue weighted by Crippen LogP contribution is -1.81. The third-order valence-corrected chi connectivity index (χ3v) is 1.83. The minimum absolute atomic E-state index is 0.182. The predicted molar refractivity (Wildman–Crippen MR) is 40.8 cm³/mol. The molecule has 0 saturated heterocycles. The van der Waals surface area contributed by atoms with Gasteiger partial charge in [0, 0.05) is 5.39 Å². The summed E-state index contributed by atoms with van der Waals surface area (Å²) in [5, 5.41) is 7.43. The second kappa shape index (κ2) is 2.05. The summed E-state index contributed by atoms with van der Waals surface area (Å²) in [5.41, 5.74) is 1.53. The number of hydrogen-bond donors (Lipinski definition) is 1. The number of aryl methyl sites for hydroxylation is 1. The molecule has 0 radical (unpaired) electrons. The molecule has 0 atom stereocenters. The van der Waals surface area contributed by atoms with Crippen LogP contribution in [0.15, 0.2) is 18.3 Å². The van der Waals surface area contributed by atoms with Gasteiger partial charge < -0.3 is 0 Å². The fourth-order valence-electron chi connectivity index (χ4n) is 1.13. The Morgan fingerprint density at radius 2 is 2.27 bits per heavy atom. The molecule has 0 unspecified atom stereocenters. The lowest BCUT2D eigenvalue weighted by molar-refractivity contribution is 0.621. The van der Waals surface area contributed by atoms with Crippen molar-refractivity contribution in [2.75, 3.05) is 0 Å². The SMILES string of the molecule is Cc1c(F)ccc2[nH]ncc12. The molecule has 0 amide bonds. The number of fused-ring (bicyclic) bond motifs is 1. The fourth-order valence-corrected chi connectivity index (χ4v) is 1.13. The Balaban J connectivity index is 2.93. The van der Waals surface area contributed by atoms with Crippen LogP contribution in [0, 0.1) is 12.7 Å². The zero-order chi connectivity index (χ0) is 7.84. The van der Waals surface area contributed by atoms with Gasteiger partial charge in [0.2, 0.25) is 0 Å². The van der Waals surface area contributed by atoms with Crippen molar-refractivity contribution in [2.24, 2.45) is 0 Å². The van der Waals surface area contributed by atoms with Gasteiger partial charge in [-0.15, -0.1) is 0 Å². The third kappa shape index (κ3) is 0.808. The molecule has 1 aromatic carbocycles. The van der Waals surface area contributed by atoms with Crippen molar-refractivity contribution in [1.82, 2.24) is 10.2 Å². The molecule has 2 nitrogen and oxygen atoms in total. The third-order valence-electron chi connectivity index (χ3n) is 1.83. The number of aromatic nitrogens is 2. The minimum atomic E-state index is -0.182. The summed E-state index contributed by atoms with van der Waals surface area (Å²) in [7, 11) is 0. The number of H-pyrrole nitrogens is 1. The summed E-state index contributed by atoms with van der Waals surface area (Å²) < 4.78 is 12.9. The molecular weight excluding hydrogens is 143 g/mol. The van der Waals surface area contributed by atoms with E-state index in [0.29, 0.717) is 5.56 Å². The Morgan fingerprint density at radius 1 is 1.45 bits per heavy atom. The molecule has 0 fully saturated rings. The first-order valence-electron chi connectivity index (χ1n) is 3.37. The van der Waals surface area contributed by atoms with Crippen molar-refractivity contribution in [3.63, 3.8) is 0 Å². The van der Waals surface area contributed by atoms with Gasteiger partial charge in [-0.3, -0.25) is 5.10 Å². The van der Waals surface area contributed by atoms with Gasteiger partial charge in [0.15, 0.2) is 0 Å². The molecule has 2 rings (SSSR count). The lowest BCUT2D eigenvalue weighted by atomic mass is 10.1. The van der Waals surface area contributed by atoms with Crippen molar-refractivity contribution in [2.45, 2.75) is 6.92 Å². The van der Waals surface area contributed by atoms with Gasteiger partial charge in [-0.2, -0.15) is 5.10 Å².